The Morgan fingerprint density at radius 2 is 1.96 bits per heavy atom. The summed E-state index contributed by atoms with van der Waals surface area (Å²) < 4.78 is 0. The van der Waals surface area contributed by atoms with E-state index in [9.17, 15) is 5.11 Å². The molecular formula is C21H23NO. The summed E-state index contributed by atoms with van der Waals surface area (Å²) >= 11 is 0. The van der Waals surface area contributed by atoms with Gasteiger partial charge < -0.3 is 10.1 Å². The largest absolute Gasteiger partial charge is 0.508 e. The number of aryl methyl sites for hydroxylation is 3. The summed E-state index contributed by atoms with van der Waals surface area (Å²) in [5, 5.41) is 11.0. The van der Waals surface area contributed by atoms with E-state index in [1.54, 1.807) is 6.07 Å². The first-order valence-corrected chi connectivity index (χ1v) is 8.51. The van der Waals surface area contributed by atoms with Crippen molar-refractivity contribution in [3.05, 3.63) is 64.3 Å². The van der Waals surface area contributed by atoms with Gasteiger partial charge in [0.1, 0.15) is 5.75 Å². The van der Waals surface area contributed by atoms with Crippen molar-refractivity contribution in [1.29, 1.82) is 0 Å². The van der Waals surface area contributed by atoms with Crippen LogP contribution >= 0.6 is 0 Å². The van der Waals surface area contributed by atoms with Crippen LogP contribution in [0.3, 0.4) is 0 Å². The highest BCUT2D eigenvalue weighted by Gasteiger charge is 2.25. The molecular weight excluding hydrogens is 282 g/mol. The first-order chi connectivity index (χ1) is 11.1. The van der Waals surface area contributed by atoms with Crippen molar-refractivity contribution in [3.8, 4) is 5.75 Å². The Morgan fingerprint density at radius 1 is 1.09 bits per heavy atom. The molecule has 2 nitrogen and oxygen atoms in total. The fraction of sp³-hybridized carbons (Fsp3) is 0.333. The van der Waals surface area contributed by atoms with Gasteiger partial charge in [0.15, 0.2) is 0 Å². The zero-order valence-corrected chi connectivity index (χ0v) is 13.8. The molecule has 1 unspecified atom stereocenters. The lowest BCUT2D eigenvalue weighted by Gasteiger charge is -2.23. The molecule has 23 heavy (non-hydrogen) atoms. The van der Waals surface area contributed by atoms with E-state index in [4.69, 9.17) is 0 Å². The van der Waals surface area contributed by atoms with E-state index in [0.717, 1.165) is 18.4 Å². The number of phenols is 1. The van der Waals surface area contributed by atoms with Gasteiger partial charge in [-0.25, -0.2) is 0 Å². The SMILES string of the molecule is Cc1ccc(CC2CCCc3[nH]c4cc(O)ccc4c32)cc1C. The van der Waals surface area contributed by atoms with E-state index in [-0.39, 0.29) is 0 Å². The van der Waals surface area contributed by atoms with Gasteiger partial charge in [0.25, 0.3) is 0 Å². The summed E-state index contributed by atoms with van der Waals surface area (Å²) in [5.74, 6) is 0.904. The quantitative estimate of drug-likeness (QED) is 0.674. The standard InChI is InChI=1S/C21H23NO/c1-13-6-7-15(10-14(13)2)11-16-4-3-5-19-21(16)18-9-8-17(23)12-20(18)22-19/h6-10,12,16,22-23H,3-5,11H2,1-2H3. The van der Waals surface area contributed by atoms with Gasteiger partial charge in [-0.3, -0.25) is 0 Å². The van der Waals surface area contributed by atoms with Crippen LogP contribution in [-0.2, 0) is 12.8 Å². The van der Waals surface area contributed by atoms with Gasteiger partial charge in [0.2, 0.25) is 0 Å². The minimum Gasteiger partial charge on any atom is -0.508 e. The zero-order valence-electron chi connectivity index (χ0n) is 13.8. The highest BCUT2D eigenvalue weighted by molar-refractivity contribution is 5.86. The molecule has 1 aliphatic carbocycles. The smallest absolute Gasteiger partial charge is 0.117 e. The van der Waals surface area contributed by atoms with Gasteiger partial charge in [-0.05, 0) is 79.8 Å². The number of hydrogen-bond acceptors (Lipinski definition) is 1. The fourth-order valence-corrected chi connectivity index (χ4v) is 4.02. The summed E-state index contributed by atoms with van der Waals surface area (Å²) in [7, 11) is 0. The minimum atomic E-state index is 0.335. The Kier molecular flexibility index (Phi) is 3.41. The first-order valence-electron chi connectivity index (χ1n) is 8.51. The van der Waals surface area contributed by atoms with Crippen LogP contribution in [0, 0.1) is 13.8 Å². The Labute approximate surface area is 137 Å². The van der Waals surface area contributed by atoms with Gasteiger partial charge in [0.05, 0.1) is 0 Å². The average molecular weight is 305 g/mol. The number of hydrogen-bond donors (Lipinski definition) is 2. The lowest BCUT2D eigenvalue weighted by molar-refractivity contribution is 0.476. The third kappa shape index (κ3) is 2.52. The summed E-state index contributed by atoms with van der Waals surface area (Å²) in [4.78, 5) is 3.53. The Morgan fingerprint density at radius 3 is 2.78 bits per heavy atom. The number of nitrogens with one attached hydrogen (secondary N) is 1. The van der Waals surface area contributed by atoms with Crippen molar-refractivity contribution in [2.75, 3.05) is 0 Å². The fourth-order valence-electron chi connectivity index (χ4n) is 4.02. The number of benzene rings is 2. The number of phenolic OH excluding ortho intramolecular Hbond substituents is 1. The number of rotatable bonds is 2. The normalized spacial score (nSPS) is 17.4. The summed E-state index contributed by atoms with van der Waals surface area (Å²) in [6.45, 7) is 4.36. The van der Waals surface area contributed by atoms with Gasteiger partial charge in [0, 0.05) is 22.7 Å². The molecule has 0 saturated heterocycles. The molecule has 2 aromatic carbocycles. The minimum absolute atomic E-state index is 0.335. The third-order valence-electron chi connectivity index (χ3n) is 5.35. The molecule has 0 bridgehead atoms. The van der Waals surface area contributed by atoms with Crippen LogP contribution in [-0.4, -0.2) is 10.1 Å². The Balaban J connectivity index is 1.74. The van der Waals surface area contributed by atoms with Crippen LogP contribution in [0.4, 0.5) is 0 Å². The van der Waals surface area contributed by atoms with Crippen LogP contribution in [0.2, 0.25) is 0 Å². The lowest BCUT2D eigenvalue weighted by Crippen LogP contribution is -2.11. The van der Waals surface area contributed by atoms with Crippen LogP contribution < -0.4 is 0 Å². The number of aromatic amines is 1. The monoisotopic (exact) mass is 305 g/mol. The molecule has 0 amide bonds. The van der Waals surface area contributed by atoms with E-state index >= 15 is 0 Å². The lowest BCUT2D eigenvalue weighted by atomic mass is 9.81. The van der Waals surface area contributed by atoms with Crippen LogP contribution in [0.1, 0.15) is 46.7 Å². The van der Waals surface area contributed by atoms with E-state index in [1.165, 1.54) is 46.2 Å². The molecule has 0 spiro atoms. The van der Waals surface area contributed by atoms with E-state index in [2.05, 4.69) is 43.1 Å². The van der Waals surface area contributed by atoms with Crippen molar-refractivity contribution in [3.63, 3.8) is 0 Å². The van der Waals surface area contributed by atoms with Crippen LogP contribution in [0.5, 0.6) is 5.75 Å². The van der Waals surface area contributed by atoms with E-state index in [0.29, 0.717) is 11.7 Å². The Bertz CT molecular complexity index is 875. The molecule has 1 atom stereocenters. The van der Waals surface area contributed by atoms with Crippen molar-refractivity contribution >= 4 is 10.9 Å². The topological polar surface area (TPSA) is 36.0 Å². The van der Waals surface area contributed by atoms with Crippen LogP contribution in [0.15, 0.2) is 36.4 Å². The molecule has 2 N–H and O–H groups in total. The second-order valence-corrected chi connectivity index (χ2v) is 6.96. The highest BCUT2D eigenvalue weighted by Crippen LogP contribution is 2.39. The number of aromatic hydroxyl groups is 1. The molecule has 1 heterocycles. The summed E-state index contributed by atoms with van der Waals surface area (Å²) in [6.07, 6.45) is 4.70. The van der Waals surface area contributed by atoms with Gasteiger partial charge >= 0.3 is 0 Å². The van der Waals surface area contributed by atoms with E-state index in [1.807, 2.05) is 6.07 Å². The second kappa shape index (κ2) is 5.45. The predicted octanol–water partition coefficient (Wildman–Crippen LogP) is 5.15. The molecule has 0 radical (unpaired) electrons. The zero-order chi connectivity index (χ0) is 16.0. The number of aromatic nitrogens is 1. The number of H-pyrrole nitrogens is 1. The molecule has 0 fully saturated rings. The first kappa shape index (κ1) is 14.4. The second-order valence-electron chi connectivity index (χ2n) is 6.96. The molecule has 2 heteroatoms. The number of fused-ring (bicyclic) bond motifs is 3. The van der Waals surface area contributed by atoms with Crippen molar-refractivity contribution in [2.24, 2.45) is 0 Å². The maximum atomic E-state index is 9.73. The third-order valence-corrected chi connectivity index (χ3v) is 5.35. The average Bonchev–Trinajstić information content (AvgIpc) is 2.89. The summed E-state index contributed by atoms with van der Waals surface area (Å²) in [5.41, 5.74) is 8.08. The molecule has 3 aromatic rings. The van der Waals surface area contributed by atoms with Gasteiger partial charge in [-0.2, -0.15) is 0 Å². The maximum absolute atomic E-state index is 9.73. The van der Waals surface area contributed by atoms with Crippen molar-refractivity contribution in [1.82, 2.24) is 4.98 Å². The molecule has 118 valence electrons. The highest BCUT2D eigenvalue weighted by atomic mass is 16.3. The van der Waals surface area contributed by atoms with Crippen LogP contribution in [0.25, 0.3) is 10.9 Å². The molecule has 0 saturated carbocycles. The predicted molar refractivity (Wildman–Crippen MR) is 95.3 cm³/mol. The van der Waals surface area contributed by atoms with Crippen molar-refractivity contribution in [2.45, 2.75) is 45.4 Å². The van der Waals surface area contributed by atoms with Gasteiger partial charge in [-0.1, -0.05) is 18.2 Å². The molecule has 1 aliphatic rings. The summed E-state index contributed by atoms with van der Waals surface area (Å²) in [6, 6.07) is 12.6. The molecule has 0 aliphatic heterocycles. The van der Waals surface area contributed by atoms with Crippen molar-refractivity contribution < 1.29 is 5.11 Å². The van der Waals surface area contributed by atoms with Gasteiger partial charge in [-0.15, -0.1) is 0 Å². The molecule has 4 rings (SSSR count). The maximum Gasteiger partial charge on any atom is 0.117 e. The molecule has 1 aromatic heterocycles. The Hall–Kier alpha value is -2.22. The van der Waals surface area contributed by atoms with E-state index < -0.39 is 0 Å².